The molecule has 1 aromatic carbocycles. The van der Waals surface area contributed by atoms with E-state index in [0.717, 1.165) is 35.1 Å². The minimum absolute atomic E-state index is 0.304. The van der Waals surface area contributed by atoms with E-state index in [9.17, 15) is 0 Å². The van der Waals surface area contributed by atoms with Gasteiger partial charge in [0.15, 0.2) is 16.6 Å². The maximum absolute atomic E-state index is 6.83. The summed E-state index contributed by atoms with van der Waals surface area (Å²) in [4.78, 5) is 0. The van der Waals surface area contributed by atoms with Gasteiger partial charge >= 0.3 is 0 Å². The van der Waals surface area contributed by atoms with Crippen LogP contribution in [0.15, 0.2) is 36.4 Å². The van der Waals surface area contributed by atoms with Crippen molar-refractivity contribution in [3.63, 3.8) is 0 Å². The molecule has 7 rings (SSSR count). The van der Waals surface area contributed by atoms with Crippen LogP contribution < -0.4 is 0 Å². The van der Waals surface area contributed by atoms with E-state index in [2.05, 4.69) is 54.4 Å². The topological polar surface area (TPSA) is 43.1 Å². The van der Waals surface area contributed by atoms with Crippen molar-refractivity contribution in [3.8, 4) is 0 Å². The molecule has 0 amide bonds. The summed E-state index contributed by atoms with van der Waals surface area (Å²) in [5, 5.41) is 14.5. The first kappa shape index (κ1) is 17.9. The lowest BCUT2D eigenvalue weighted by Crippen LogP contribution is -2.43. The monoisotopic (exact) mass is 406 g/mol. The highest BCUT2D eigenvalue weighted by Crippen LogP contribution is 2.60. The number of nitrogens with zero attached hydrogens (tertiary/aromatic N) is 4. The number of rotatable bonds is 3. The average Bonchev–Trinajstić information content (AvgIpc) is 3.11. The molecule has 4 saturated carbocycles. The Bertz CT molecular complexity index is 1040. The Morgan fingerprint density at radius 1 is 0.931 bits per heavy atom. The van der Waals surface area contributed by atoms with Gasteiger partial charge in [-0.1, -0.05) is 41.9 Å². The number of hydrogen-bond acceptors (Lipinski definition) is 3. The van der Waals surface area contributed by atoms with Gasteiger partial charge in [-0.2, -0.15) is 9.61 Å². The fourth-order valence-electron chi connectivity index (χ4n) is 6.87. The van der Waals surface area contributed by atoms with Crippen molar-refractivity contribution in [2.24, 2.45) is 23.7 Å². The van der Waals surface area contributed by atoms with Gasteiger partial charge in [0.1, 0.15) is 0 Å². The van der Waals surface area contributed by atoms with Crippen molar-refractivity contribution in [2.45, 2.75) is 57.3 Å². The first-order chi connectivity index (χ1) is 14.0. The lowest BCUT2D eigenvalue weighted by Gasteiger charge is -2.54. The van der Waals surface area contributed by atoms with E-state index in [0.29, 0.717) is 11.1 Å². The maximum Gasteiger partial charge on any atom is 0.178 e. The molecule has 4 fully saturated rings. The van der Waals surface area contributed by atoms with Crippen molar-refractivity contribution < 1.29 is 0 Å². The second kappa shape index (κ2) is 6.28. The van der Waals surface area contributed by atoms with Crippen molar-refractivity contribution in [1.82, 2.24) is 19.8 Å². The number of benzene rings is 1. The van der Waals surface area contributed by atoms with Crippen molar-refractivity contribution in [1.29, 1.82) is 0 Å². The zero-order chi connectivity index (χ0) is 19.8. The molecule has 150 valence electrons. The summed E-state index contributed by atoms with van der Waals surface area (Å²) in [5.74, 6) is 4.84. The normalized spacial score (nSPS) is 30.9. The van der Waals surface area contributed by atoms with Gasteiger partial charge in [-0.25, -0.2) is 0 Å². The SMILES string of the molecule is CC(C)(c1ccccc1)c1nnc2cc(C3C4CC5CC(C4)CC3C5)c(Cl)nn12. The zero-order valence-electron chi connectivity index (χ0n) is 17.1. The van der Waals surface area contributed by atoms with Crippen LogP contribution >= 0.6 is 11.6 Å². The highest BCUT2D eigenvalue weighted by Gasteiger charge is 2.49. The molecule has 0 N–H and O–H groups in total. The third kappa shape index (κ3) is 2.68. The fraction of sp³-hybridized carbons (Fsp3) is 0.542. The van der Waals surface area contributed by atoms with Crippen LogP contribution in [0.1, 0.15) is 68.8 Å². The first-order valence-electron chi connectivity index (χ1n) is 11.0. The largest absolute Gasteiger partial charge is 0.195 e. The summed E-state index contributed by atoms with van der Waals surface area (Å²) in [6, 6.07) is 12.6. The summed E-state index contributed by atoms with van der Waals surface area (Å²) in [6.07, 6.45) is 6.96. The van der Waals surface area contributed by atoms with Crippen molar-refractivity contribution >= 4 is 17.2 Å². The molecule has 29 heavy (non-hydrogen) atoms. The molecular formula is C24H27ClN4. The van der Waals surface area contributed by atoms with Crippen LogP contribution in [0, 0.1) is 23.7 Å². The third-order valence-corrected chi connectivity index (χ3v) is 8.31. The van der Waals surface area contributed by atoms with Crippen LogP contribution in [-0.2, 0) is 5.41 Å². The van der Waals surface area contributed by atoms with E-state index < -0.39 is 0 Å². The molecule has 0 saturated heterocycles. The van der Waals surface area contributed by atoms with Gasteiger partial charge in [0.2, 0.25) is 0 Å². The third-order valence-electron chi connectivity index (χ3n) is 8.02. The standard InChI is InChI=1S/C24H27ClN4/c1-24(2,18-6-4-3-5-7-18)23-27-26-20-13-19(22(25)28-29(20)23)21-16-9-14-8-15(11-16)12-17(21)10-14/h3-7,13-17,21H,8-12H2,1-2H3. The second-order valence-electron chi connectivity index (χ2n) is 10.1. The average molecular weight is 407 g/mol. The number of hydrogen-bond donors (Lipinski definition) is 0. The van der Waals surface area contributed by atoms with E-state index in [1.807, 2.05) is 10.6 Å². The van der Waals surface area contributed by atoms with E-state index in [1.54, 1.807) is 0 Å². The first-order valence-corrected chi connectivity index (χ1v) is 11.4. The molecule has 0 radical (unpaired) electrons. The molecule has 2 aromatic heterocycles. The van der Waals surface area contributed by atoms with Crippen LogP contribution in [0.25, 0.3) is 5.65 Å². The highest BCUT2D eigenvalue weighted by molar-refractivity contribution is 6.30. The molecule has 0 aliphatic heterocycles. The molecule has 0 unspecified atom stereocenters. The lowest BCUT2D eigenvalue weighted by molar-refractivity contribution is -0.00286. The molecule has 0 spiro atoms. The molecule has 0 atom stereocenters. The summed E-state index contributed by atoms with van der Waals surface area (Å²) >= 11 is 6.83. The van der Waals surface area contributed by atoms with Crippen LogP contribution in [0.5, 0.6) is 0 Å². The van der Waals surface area contributed by atoms with E-state index in [1.165, 1.54) is 43.2 Å². The molecule has 3 aromatic rings. The summed E-state index contributed by atoms with van der Waals surface area (Å²) in [6.45, 7) is 4.33. The van der Waals surface area contributed by atoms with Crippen LogP contribution in [0.2, 0.25) is 5.15 Å². The van der Waals surface area contributed by atoms with Gasteiger partial charge in [-0.15, -0.1) is 10.2 Å². The van der Waals surface area contributed by atoms with Gasteiger partial charge < -0.3 is 0 Å². The van der Waals surface area contributed by atoms with Crippen LogP contribution in [-0.4, -0.2) is 19.8 Å². The Kier molecular flexibility index (Phi) is 3.87. The minimum atomic E-state index is -0.304. The van der Waals surface area contributed by atoms with E-state index in [-0.39, 0.29) is 5.41 Å². The predicted octanol–water partition coefficient (Wildman–Crippen LogP) is 5.64. The Morgan fingerprint density at radius 2 is 1.59 bits per heavy atom. The zero-order valence-corrected chi connectivity index (χ0v) is 17.8. The maximum atomic E-state index is 6.83. The minimum Gasteiger partial charge on any atom is -0.195 e. The number of fused-ring (bicyclic) bond motifs is 1. The molecule has 4 nitrogen and oxygen atoms in total. The van der Waals surface area contributed by atoms with Crippen LogP contribution in [0.3, 0.4) is 0 Å². The predicted molar refractivity (Wildman–Crippen MR) is 114 cm³/mol. The molecule has 4 aliphatic carbocycles. The van der Waals surface area contributed by atoms with Gasteiger partial charge in [-0.05, 0) is 92.7 Å². The number of aromatic nitrogens is 4. The Hall–Kier alpha value is -1.94. The molecule has 4 aliphatic rings. The van der Waals surface area contributed by atoms with Crippen molar-refractivity contribution in [3.05, 3.63) is 58.5 Å². The Balaban J connectivity index is 1.42. The molecule has 5 heteroatoms. The van der Waals surface area contributed by atoms with Crippen molar-refractivity contribution in [2.75, 3.05) is 0 Å². The van der Waals surface area contributed by atoms with Gasteiger partial charge in [-0.3, -0.25) is 0 Å². The van der Waals surface area contributed by atoms with E-state index in [4.69, 9.17) is 16.7 Å². The second-order valence-corrected chi connectivity index (χ2v) is 10.5. The lowest BCUT2D eigenvalue weighted by atomic mass is 9.51. The number of halogens is 1. The molecule has 4 bridgehead atoms. The highest BCUT2D eigenvalue weighted by atomic mass is 35.5. The smallest absolute Gasteiger partial charge is 0.178 e. The van der Waals surface area contributed by atoms with E-state index >= 15 is 0 Å². The summed E-state index contributed by atoms with van der Waals surface area (Å²) in [5.41, 5.74) is 2.92. The molecular weight excluding hydrogens is 380 g/mol. The Labute approximate surface area is 176 Å². The van der Waals surface area contributed by atoms with Gasteiger partial charge in [0, 0.05) is 0 Å². The summed E-state index contributed by atoms with van der Waals surface area (Å²) < 4.78 is 1.86. The van der Waals surface area contributed by atoms with Gasteiger partial charge in [0.25, 0.3) is 0 Å². The summed E-state index contributed by atoms with van der Waals surface area (Å²) in [7, 11) is 0. The van der Waals surface area contributed by atoms with Gasteiger partial charge in [0.05, 0.1) is 5.41 Å². The Morgan fingerprint density at radius 3 is 2.24 bits per heavy atom. The van der Waals surface area contributed by atoms with Crippen LogP contribution in [0.4, 0.5) is 0 Å². The molecule has 2 heterocycles. The quantitative estimate of drug-likeness (QED) is 0.565. The fourth-order valence-corrected chi connectivity index (χ4v) is 7.12.